The standard InChI is InChI=1S/C13H13NO3/c15-7-11-8-16-13(14-11)17-12-5-4-9-2-1-3-10(9)6-12/h4-6,8,15H,1-3,7H2. The van der Waals surface area contributed by atoms with Gasteiger partial charge < -0.3 is 14.3 Å². The van der Waals surface area contributed by atoms with Gasteiger partial charge in [-0.3, -0.25) is 0 Å². The lowest BCUT2D eigenvalue weighted by Crippen LogP contribution is -1.88. The predicted octanol–water partition coefficient (Wildman–Crippen LogP) is 2.45. The van der Waals surface area contributed by atoms with Crippen LogP contribution in [0.5, 0.6) is 11.8 Å². The number of aromatic nitrogens is 1. The van der Waals surface area contributed by atoms with Crippen LogP contribution in [0, 0.1) is 0 Å². The minimum atomic E-state index is -0.142. The van der Waals surface area contributed by atoms with E-state index in [-0.39, 0.29) is 12.7 Å². The topological polar surface area (TPSA) is 55.5 Å². The number of hydrogen-bond acceptors (Lipinski definition) is 4. The summed E-state index contributed by atoms with van der Waals surface area (Å²) in [6.07, 6.45) is 5.05. The Morgan fingerprint density at radius 2 is 2.18 bits per heavy atom. The molecule has 1 aliphatic carbocycles. The van der Waals surface area contributed by atoms with Crippen molar-refractivity contribution >= 4 is 0 Å². The van der Waals surface area contributed by atoms with Gasteiger partial charge in [-0.25, -0.2) is 0 Å². The SMILES string of the molecule is OCc1coc(Oc2ccc3c(c2)CCC3)n1. The highest BCUT2D eigenvalue weighted by Crippen LogP contribution is 2.28. The Bertz CT molecular complexity index is 533. The molecule has 0 unspecified atom stereocenters. The molecular weight excluding hydrogens is 218 g/mol. The van der Waals surface area contributed by atoms with Gasteiger partial charge in [0.25, 0.3) is 0 Å². The zero-order valence-electron chi connectivity index (χ0n) is 9.35. The van der Waals surface area contributed by atoms with Crippen LogP contribution in [0.2, 0.25) is 0 Å². The average Bonchev–Trinajstić information content (AvgIpc) is 2.96. The van der Waals surface area contributed by atoms with Gasteiger partial charge in [0.1, 0.15) is 17.7 Å². The fourth-order valence-corrected chi connectivity index (χ4v) is 2.12. The summed E-state index contributed by atoms with van der Waals surface area (Å²) in [4.78, 5) is 3.98. The monoisotopic (exact) mass is 231 g/mol. The molecule has 1 aromatic carbocycles. The van der Waals surface area contributed by atoms with Gasteiger partial charge in [-0.2, -0.15) is 4.98 Å². The fourth-order valence-electron chi connectivity index (χ4n) is 2.12. The van der Waals surface area contributed by atoms with E-state index in [0.717, 1.165) is 18.6 Å². The third-order valence-corrected chi connectivity index (χ3v) is 2.97. The van der Waals surface area contributed by atoms with E-state index >= 15 is 0 Å². The molecule has 0 fully saturated rings. The minimum absolute atomic E-state index is 0.142. The lowest BCUT2D eigenvalue weighted by Gasteiger charge is -2.03. The molecule has 2 aromatic rings. The first-order valence-corrected chi connectivity index (χ1v) is 5.70. The Morgan fingerprint density at radius 1 is 1.29 bits per heavy atom. The van der Waals surface area contributed by atoms with Gasteiger partial charge >= 0.3 is 6.08 Å². The van der Waals surface area contributed by atoms with E-state index in [1.54, 1.807) is 0 Å². The summed E-state index contributed by atoms with van der Waals surface area (Å²) in [7, 11) is 0. The van der Waals surface area contributed by atoms with Gasteiger partial charge in [-0.1, -0.05) is 6.07 Å². The number of aryl methyl sites for hydroxylation is 2. The van der Waals surface area contributed by atoms with Gasteiger partial charge in [0.05, 0.1) is 6.61 Å². The summed E-state index contributed by atoms with van der Waals surface area (Å²) in [5.41, 5.74) is 3.22. The second-order valence-electron chi connectivity index (χ2n) is 4.15. The molecule has 0 aliphatic heterocycles. The van der Waals surface area contributed by atoms with E-state index in [1.165, 1.54) is 23.8 Å². The highest BCUT2D eigenvalue weighted by Gasteiger charge is 2.12. The van der Waals surface area contributed by atoms with E-state index in [0.29, 0.717) is 5.69 Å². The minimum Gasteiger partial charge on any atom is -0.417 e. The smallest absolute Gasteiger partial charge is 0.399 e. The number of nitrogens with zero attached hydrogens (tertiary/aromatic N) is 1. The van der Waals surface area contributed by atoms with Crippen molar-refractivity contribution in [1.29, 1.82) is 0 Å². The first-order chi connectivity index (χ1) is 8.35. The summed E-state index contributed by atoms with van der Waals surface area (Å²) >= 11 is 0. The summed E-state index contributed by atoms with van der Waals surface area (Å²) in [5, 5.41) is 8.87. The van der Waals surface area contributed by atoms with Crippen molar-refractivity contribution < 1.29 is 14.3 Å². The van der Waals surface area contributed by atoms with Crippen LogP contribution in [-0.2, 0) is 19.4 Å². The average molecular weight is 231 g/mol. The van der Waals surface area contributed by atoms with Gasteiger partial charge in [0, 0.05) is 0 Å². The number of aliphatic hydroxyl groups is 1. The molecule has 1 N–H and O–H groups in total. The Balaban J connectivity index is 1.80. The molecule has 0 saturated carbocycles. The van der Waals surface area contributed by atoms with Crippen molar-refractivity contribution in [3.05, 3.63) is 41.3 Å². The molecule has 3 rings (SSSR count). The van der Waals surface area contributed by atoms with Gasteiger partial charge in [-0.05, 0) is 42.5 Å². The molecule has 0 bridgehead atoms. The van der Waals surface area contributed by atoms with Crippen molar-refractivity contribution in [3.63, 3.8) is 0 Å². The number of fused-ring (bicyclic) bond motifs is 1. The zero-order chi connectivity index (χ0) is 11.7. The zero-order valence-corrected chi connectivity index (χ0v) is 9.35. The molecule has 0 amide bonds. The number of oxazole rings is 1. The van der Waals surface area contributed by atoms with Crippen LogP contribution in [0.4, 0.5) is 0 Å². The molecule has 88 valence electrons. The van der Waals surface area contributed by atoms with Crippen molar-refractivity contribution in [2.24, 2.45) is 0 Å². The molecule has 0 atom stereocenters. The van der Waals surface area contributed by atoms with E-state index in [4.69, 9.17) is 14.3 Å². The summed E-state index contributed by atoms with van der Waals surface area (Å²) in [6, 6.07) is 6.05. The highest BCUT2D eigenvalue weighted by molar-refractivity contribution is 5.39. The number of aliphatic hydroxyl groups excluding tert-OH is 1. The lowest BCUT2D eigenvalue weighted by atomic mass is 10.1. The molecule has 17 heavy (non-hydrogen) atoms. The highest BCUT2D eigenvalue weighted by atomic mass is 16.6. The van der Waals surface area contributed by atoms with Crippen molar-refractivity contribution in [1.82, 2.24) is 4.98 Å². The lowest BCUT2D eigenvalue weighted by molar-refractivity contribution is 0.276. The molecule has 4 nitrogen and oxygen atoms in total. The van der Waals surface area contributed by atoms with E-state index < -0.39 is 0 Å². The van der Waals surface area contributed by atoms with Crippen LogP contribution >= 0.6 is 0 Å². The Morgan fingerprint density at radius 3 is 3.00 bits per heavy atom. The Labute approximate surface area is 98.9 Å². The van der Waals surface area contributed by atoms with Crippen LogP contribution < -0.4 is 4.74 Å². The van der Waals surface area contributed by atoms with Crippen LogP contribution in [0.1, 0.15) is 23.2 Å². The number of benzene rings is 1. The van der Waals surface area contributed by atoms with Crippen LogP contribution in [-0.4, -0.2) is 10.1 Å². The molecule has 0 spiro atoms. The van der Waals surface area contributed by atoms with Gasteiger partial charge in [0.15, 0.2) is 0 Å². The molecule has 4 heteroatoms. The van der Waals surface area contributed by atoms with E-state index in [9.17, 15) is 0 Å². The van der Waals surface area contributed by atoms with Gasteiger partial charge in [0.2, 0.25) is 0 Å². The first kappa shape index (κ1) is 10.4. The van der Waals surface area contributed by atoms with Crippen molar-refractivity contribution in [2.45, 2.75) is 25.9 Å². The maximum Gasteiger partial charge on any atom is 0.399 e. The Hall–Kier alpha value is -1.81. The molecule has 1 aromatic heterocycles. The number of ether oxygens (including phenoxy) is 1. The largest absolute Gasteiger partial charge is 0.417 e. The van der Waals surface area contributed by atoms with Crippen LogP contribution in [0.25, 0.3) is 0 Å². The molecule has 1 heterocycles. The molecule has 1 aliphatic rings. The Kier molecular flexibility index (Phi) is 2.57. The van der Waals surface area contributed by atoms with E-state index in [2.05, 4.69) is 11.1 Å². The molecule has 0 saturated heterocycles. The summed E-state index contributed by atoms with van der Waals surface area (Å²) in [6.45, 7) is -0.142. The number of hydrogen-bond donors (Lipinski definition) is 1. The molecular formula is C13H13NO3. The normalized spacial score (nSPS) is 13.7. The second kappa shape index (κ2) is 4.22. The first-order valence-electron chi connectivity index (χ1n) is 5.70. The quantitative estimate of drug-likeness (QED) is 0.881. The maximum atomic E-state index is 8.87. The van der Waals surface area contributed by atoms with Crippen LogP contribution in [0.15, 0.2) is 28.9 Å². The van der Waals surface area contributed by atoms with Crippen molar-refractivity contribution in [2.75, 3.05) is 0 Å². The van der Waals surface area contributed by atoms with Crippen molar-refractivity contribution in [3.8, 4) is 11.8 Å². The third-order valence-electron chi connectivity index (χ3n) is 2.97. The van der Waals surface area contributed by atoms with Gasteiger partial charge in [-0.15, -0.1) is 0 Å². The maximum absolute atomic E-state index is 8.87. The third kappa shape index (κ3) is 2.03. The summed E-state index contributed by atoms with van der Waals surface area (Å²) < 4.78 is 10.6. The fraction of sp³-hybridized carbons (Fsp3) is 0.308. The molecule has 0 radical (unpaired) electrons. The van der Waals surface area contributed by atoms with Crippen LogP contribution in [0.3, 0.4) is 0 Å². The van der Waals surface area contributed by atoms with E-state index in [1.807, 2.05) is 12.1 Å². The predicted molar refractivity (Wildman–Crippen MR) is 61.0 cm³/mol. The summed E-state index contributed by atoms with van der Waals surface area (Å²) in [5.74, 6) is 0.733. The number of rotatable bonds is 3. The second-order valence-corrected chi connectivity index (χ2v) is 4.15.